The highest BCUT2D eigenvalue weighted by Gasteiger charge is 2.48. The zero-order valence-corrected chi connectivity index (χ0v) is 11.1. The average Bonchev–Trinajstić information content (AvgIpc) is 2.47. The van der Waals surface area contributed by atoms with Crippen molar-refractivity contribution in [3.8, 4) is 5.75 Å². The van der Waals surface area contributed by atoms with Crippen LogP contribution in [-0.4, -0.2) is 23.3 Å². The maximum absolute atomic E-state index is 12.2. The molecule has 104 valence electrons. The van der Waals surface area contributed by atoms with Crippen LogP contribution >= 0.6 is 0 Å². The molecular weight excluding hydrogens is 244 g/mol. The lowest BCUT2D eigenvalue weighted by Crippen LogP contribution is -2.40. The molecule has 2 N–H and O–H groups in total. The van der Waals surface area contributed by atoms with Gasteiger partial charge in [0.05, 0.1) is 18.6 Å². The van der Waals surface area contributed by atoms with Crippen LogP contribution in [0.4, 0.5) is 0 Å². The van der Waals surface area contributed by atoms with Crippen molar-refractivity contribution in [3.05, 3.63) is 29.8 Å². The predicted octanol–water partition coefficient (Wildman–Crippen LogP) is 2.55. The number of phenols is 1. The van der Waals surface area contributed by atoms with Crippen molar-refractivity contribution >= 4 is 5.97 Å². The number of hydrogen-bond donors (Lipinski definition) is 2. The van der Waals surface area contributed by atoms with Gasteiger partial charge in [-0.15, -0.1) is 0 Å². The molecular formula is C15H20O4. The summed E-state index contributed by atoms with van der Waals surface area (Å²) in [6.45, 7) is 0. The summed E-state index contributed by atoms with van der Waals surface area (Å²) in [4.78, 5) is 12.2. The van der Waals surface area contributed by atoms with Crippen LogP contribution < -0.4 is 0 Å². The van der Waals surface area contributed by atoms with Gasteiger partial charge in [0, 0.05) is 5.56 Å². The molecule has 1 atom stereocenters. The first-order chi connectivity index (χ1) is 9.12. The molecule has 0 aliphatic heterocycles. The van der Waals surface area contributed by atoms with Gasteiger partial charge in [-0.1, -0.05) is 37.5 Å². The van der Waals surface area contributed by atoms with E-state index in [1.807, 2.05) is 0 Å². The minimum Gasteiger partial charge on any atom is -0.508 e. The fourth-order valence-electron chi connectivity index (χ4n) is 2.99. The van der Waals surface area contributed by atoms with E-state index in [4.69, 9.17) is 4.74 Å². The molecule has 1 aromatic rings. The van der Waals surface area contributed by atoms with E-state index in [1.165, 1.54) is 13.2 Å². The van der Waals surface area contributed by atoms with E-state index in [0.29, 0.717) is 18.4 Å². The van der Waals surface area contributed by atoms with Crippen LogP contribution in [0, 0.1) is 5.41 Å². The summed E-state index contributed by atoms with van der Waals surface area (Å²) in [6, 6.07) is 6.61. The molecule has 1 saturated carbocycles. The Kier molecular flexibility index (Phi) is 4.10. The van der Waals surface area contributed by atoms with Gasteiger partial charge in [0.2, 0.25) is 0 Å². The van der Waals surface area contributed by atoms with Crippen LogP contribution in [0.2, 0.25) is 0 Å². The number of aromatic hydroxyl groups is 1. The molecule has 0 heterocycles. The second kappa shape index (κ2) is 5.61. The third-order valence-corrected chi connectivity index (χ3v) is 4.09. The molecule has 2 rings (SSSR count). The Hall–Kier alpha value is -1.55. The maximum Gasteiger partial charge on any atom is 0.314 e. The summed E-state index contributed by atoms with van der Waals surface area (Å²) >= 11 is 0. The summed E-state index contributed by atoms with van der Waals surface area (Å²) in [5, 5.41) is 20.5. The average molecular weight is 264 g/mol. The molecule has 0 radical (unpaired) electrons. The summed E-state index contributed by atoms with van der Waals surface area (Å²) in [6.07, 6.45) is 3.00. The van der Waals surface area contributed by atoms with Gasteiger partial charge in [-0.2, -0.15) is 0 Å². The Morgan fingerprint density at radius 3 is 2.47 bits per heavy atom. The Labute approximate surface area is 113 Å². The Morgan fingerprint density at radius 1 is 1.26 bits per heavy atom. The van der Waals surface area contributed by atoms with E-state index in [9.17, 15) is 15.0 Å². The molecule has 0 bridgehead atoms. The van der Waals surface area contributed by atoms with Gasteiger partial charge < -0.3 is 14.9 Å². The number of carbonyl (C=O) groups is 1. The number of methoxy groups -OCH3 is 1. The lowest BCUT2D eigenvalue weighted by molar-refractivity contribution is -0.164. The highest BCUT2D eigenvalue weighted by atomic mass is 16.5. The van der Waals surface area contributed by atoms with Gasteiger partial charge in [0.15, 0.2) is 0 Å². The molecule has 4 heteroatoms. The maximum atomic E-state index is 12.2. The minimum absolute atomic E-state index is 0.0175. The van der Waals surface area contributed by atoms with Crippen LogP contribution in [-0.2, 0) is 9.53 Å². The smallest absolute Gasteiger partial charge is 0.314 e. The third kappa shape index (κ3) is 2.45. The van der Waals surface area contributed by atoms with Crippen molar-refractivity contribution in [2.24, 2.45) is 5.41 Å². The molecule has 1 fully saturated rings. The van der Waals surface area contributed by atoms with Crippen LogP contribution in [0.3, 0.4) is 0 Å². The zero-order valence-electron chi connectivity index (χ0n) is 11.1. The standard InChI is InChI=1S/C15H20O4/c1-19-14(18)15(9-5-2-6-10-15)13(17)11-7-3-4-8-12(11)16/h3-4,7-8,13,16-17H,2,5-6,9-10H2,1H3. The lowest BCUT2D eigenvalue weighted by atomic mass is 9.68. The summed E-state index contributed by atoms with van der Waals surface area (Å²) < 4.78 is 4.89. The van der Waals surface area contributed by atoms with Gasteiger partial charge in [-0.25, -0.2) is 0 Å². The number of esters is 1. The fraction of sp³-hybridized carbons (Fsp3) is 0.533. The minimum atomic E-state index is -1.03. The fourth-order valence-corrected chi connectivity index (χ4v) is 2.99. The molecule has 1 aromatic carbocycles. The lowest BCUT2D eigenvalue weighted by Gasteiger charge is -2.38. The zero-order chi connectivity index (χ0) is 13.9. The number of aliphatic hydroxyl groups excluding tert-OH is 1. The van der Waals surface area contributed by atoms with Crippen molar-refractivity contribution in [1.82, 2.24) is 0 Å². The van der Waals surface area contributed by atoms with Crippen molar-refractivity contribution in [1.29, 1.82) is 0 Å². The molecule has 1 unspecified atom stereocenters. The van der Waals surface area contributed by atoms with E-state index in [0.717, 1.165) is 19.3 Å². The van der Waals surface area contributed by atoms with E-state index >= 15 is 0 Å². The van der Waals surface area contributed by atoms with E-state index in [-0.39, 0.29) is 11.7 Å². The van der Waals surface area contributed by atoms with Crippen molar-refractivity contribution < 1.29 is 19.7 Å². The quantitative estimate of drug-likeness (QED) is 0.823. The van der Waals surface area contributed by atoms with Gasteiger partial charge in [-0.3, -0.25) is 4.79 Å². The van der Waals surface area contributed by atoms with Gasteiger partial charge >= 0.3 is 5.97 Å². The van der Waals surface area contributed by atoms with Crippen LogP contribution in [0.5, 0.6) is 5.75 Å². The summed E-state index contributed by atoms with van der Waals surface area (Å²) in [5.41, 5.74) is -0.527. The number of aliphatic hydroxyl groups is 1. The third-order valence-electron chi connectivity index (χ3n) is 4.09. The Bertz CT molecular complexity index is 449. The first-order valence-corrected chi connectivity index (χ1v) is 6.66. The van der Waals surface area contributed by atoms with Crippen LogP contribution in [0.25, 0.3) is 0 Å². The number of para-hydroxylation sites is 1. The van der Waals surface area contributed by atoms with Gasteiger partial charge in [0.25, 0.3) is 0 Å². The topological polar surface area (TPSA) is 66.8 Å². The van der Waals surface area contributed by atoms with Crippen LogP contribution in [0.1, 0.15) is 43.8 Å². The van der Waals surface area contributed by atoms with Gasteiger partial charge in [0.1, 0.15) is 5.75 Å². The number of ether oxygens (including phenoxy) is 1. The largest absolute Gasteiger partial charge is 0.508 e. The number of carbonyl (C=O) groups excluding carboxylic acids is 1. The number of phenolic OH excluding ortho intramolecular Hbond substituents is 1. The number of benzene rings is 1. The number of hydrogen-bond acceptors (Lipinski definition) is 4. The Morgan fingerprint density at radius 2 is 1.89 bits per heavy atom. The van der Waals surface area contributed by atoms with E-state index in [2.05, 4.69) is 0 Å². The second-order valence-electron chi connectivity index (χ2n) is 5.17. The first kappa shape index (κ1) is 13.9. The second-order valence-corrected chi connectivity index (χ2v) is 5.17. The Balaban J connectivity index is 2.38. The van der Waals surface area contributed by atoms with Crippen molar-refractivity contribution in [2.45, 2.75) is 38.2 Å². The van der Waals surface area contributed by atoms with Gasteiger partial charge in [-0.05, 0) is 18.9 Å². The highest BCUT2D eigenvalue weighted by molar-refractivity contribution is 5.78. The molecule has 0 amide bonds. The SMILES string of the molecule is COC(=O)C1(C(O)c2ccccc2O)CCCCC1. The van der Waals surface area contributed by atoms with Crippen molar-refractivity contribution in [2.75, 3.05) is 7.11 Å². The summed E-state index contributed by atoms with van der Waals surface area (Å²) in [7, 11) is 1.34. The molecule has 19 heavy (non-hydrogen) atoms. The number of rotatable bonds is 3. The van der Waals surface area contributed by atoms with Crippen LogP contribution in [0.15, 0.2) is 24.3 Å². The predicted molar refractivity (Wildman–Crippen MR) is 70.6 cm³/mol. The first-order valence-electron chi connectivity index (χ1n) is 6.66. The molecule has 1 aliphatic carbocycles. The monoisotopic (exact) mass is 264 g/mol. The highest BCUT2D eigenvalue weighted by Crippen LogP contribution is 2.48. The summed E-state index contributed by atoms with van der Waals surface area (Å²) in [5.74, 6) is -0.369. The molecule has 4 nitrogen and oxygen atoms in total. The molecule has 0 saturated heterocycles. The van der Waals surface area contributed by atoms with E-state index in [1.54, 1.807) is 18.2 Å². The normalized spacial score (nSPS) is 19.7. The van der Waals surface area contributed by atoms with E-state index < -0.39 is 11.5 Å². The molecule has 0 aromatic heterocycles. The molecule has 1 aliphatic rings. The molecule has 0 spiro atoms. The van der Waals surface area contributed by atoms with Crippen molar-refractivity contribution in [3.63, 3.8) is 0 Å².